The Kier molecular flexibility index (Phi) is 6.35. The van der Waals surface area contributed by atoms with Crippen LogP contribution >= 0.6 is 23.2 Å². The summed E-state index contributed by atoms with van der Waals surface area (Å²) in [5.74, 6) is -1.70. The van der Waals surface area contributed by atoms with Gasteiger partial charge in [-0.3, -0.25) is 9.59 Å². The highest BCUT2D eigenvalue weighted by atomic mass is 35.5. The van der Waals surface area contributed by atoms with Gasteiger partial charge in [-0.25, -0.2) is 5.43 Å². The lowest BCUT2D eigenvalue weighted by Crippen LogP contribution is -2.32. The highest BCUT2D eigenvalue weighted by molar-refractivity contribution is 6.43. The molecule has 0 aromatic heterocycles. The molecule has 24 heavy (non-hydrogen) atoms. The predicted octanol–water partition coefficient (Wildman–Crippen LogP) is 3.64. The molecule has 2 amide bonds. The Morgan fingerprint density at radius 3 is 2.46 bits per heavy atom. The molecule has 0 aliphatic rings. The number of hydrogen-bond acceptors (Lipinski definition) is 3. The first-order chi connectivity index (χ1) is 11.5. The molecule has 0 aliphatic carbocycles. The van der Waals surface area contributed by atoms with Crippen LogP contribution < -0.4 is 10.7 Å². The Morgan fingerprint density at radius 1 is 1.08 bits per heavy atom. The summed E-state index contributed by atoms with van der Waals surface area (Å²) in [5, 5.41) is 6.89. The second-order valence-electron chi connectivity index (χ2n) is 4.85. The first-order valence-electron chi connectivity index (χ1n) is 7.18. The smallest absolute Gasteiger partial charge is 0.318 e. The fraction of sp³-hybridized carbons (Fsp3) is 0.118. The molecule has 0 heterocycles. The van der Waals surface area contributed by atoms with E-state index >= 15 is 0 Å². The minimum Gasteiger partial charge on any atom is -0.318 e. The topological polar surface area (TPSA) is 70.6 Å². The SMILES string of the molecule is CCc1ccc(NC(=O)C(=O)NN=Cc2cccc(Cl)c2Cl)cc1. The van der Waals surface area contributed by atoms with Crippen molar-refractivity contribution >= 4 is 46.9 Å². The molecule has 0 unspecified atom stereocenters. The summed E-state index contributed by atoms with van der Waals surface area (Å²) >= 11 is 11.9. The molecule has 5 nitrogen and oxygen atoms in total. The summed E-state index contributed by atoms with van der Waals surface area (Å²) in [7, 11) is 0. The van der Waals surface area contributed by atoms with Crippen LogP contribution in [0.25, 0.3) is 0 Å². The van der Waals surface area contributed by atoms with Crippen molar-refractivity contribution in [2.75, 3.05) is 5.32 Å². The molecule has 2 aromatic rings. The molecule has 2 N–H and O–H groups in total. The van der Waals surface area contributed by atoms with Gasteiger partial charge in [0.25, 0.3) is 0 Å². The molecule has 2 aromatic carbocycles. The third kappa shape index (κ3) is 4.81. The number of hydrogen-bond donors (Lipinski definition) is 2. The Morgan fingerprint density at radius 2 is 1.79 bits per heavy atom. The maximum absolute atomic E-state index is 11.8. The second-order valence-corrected chi connectivity index (χ2v) is 5.63. The average molecular weight is 364 g/mol. The largest absolute Gasteiger partial charge is 0.329 e. The number of rotatable bonds is 4. The maximum Gasteiger partial charge on any atom is 0.329 e. The van der Waals surface area contributed by atoms with E-state index in [4.69, 9.17) is 23.2 Å². The molecule has 7 heteroatoms. The summed E-state index contributed by atoms with van der Waals surface area (Å²) in [6, 6.07) is 12.2. The molecule has 0 bridgehead atoms. The molecule has 2 rings (SSSR count). The van der Waals surface area contributed by atoms with Gasteiger partial charge in [-0.1, -0.05) is 54.4 Å². The van der Waals surface area contributed by atoms with Crippen LogP contribution in [0.4, 0.5) is 5.69 Å². The minimum absolute atomic E-state index is 0.317. The third-order valence-corrected chi connectivity index (χ3v) is 4.01. The fourth-order valence-corrected chi connectivity index (χ4v) is 2.20. The molecule has 0 saturated heterocycles. The van der Waals surface area contributed by atoms with Crippen molar-refractivity contribution in [3.63, 3.8) is 0 Å². The van der Waals surface area contributed by atoms with E-state index in [1.165, 1.54) is 6.21 Å². The maximum atomic E-state index is 11.8. The second kappa shape index (κ2) is 8.47. The Hall–Kier alpha value is -2.37. The van der Waals surface area contributed by atoms with Crippen LogP contribution in [0.1, 0.15) is 18.1 Å². The fourth-order valence-electron chi connectivity index (χ4n) is 1.84. The zero-order valence-electron chi connectivity index (χ0n) is 12.8. The zero-order valence-corrected chi connectivity index (χ0v) is 14.4. The van der Waals surface area contributed by atoms with E-state index in [0.717, 1.165) is 12.0 Å². The van der Waals surface area contributed by atoms with Crippen molar-refractivity contribution in [3.05, 3.63) is 63.6 Å². The van der Waals surface area contributed by atoms with Crippen LogP contribution in [0.5, 0.6) is 0 Å². The van der Waals surface area contributed by atoms with E-state index in [1.54, 1.807) is 30.3 Å². The standard InChI is InChI=1S/C17H15Cl2N3O2/c1-2-11-6-8-13(9-7-11)21-16(23)17(24)22-20-10-12-4-3-5-14(18)15(12)19/h3-10H,2H2,1H3,(H,21,23)(H,22,24). The highest BCUT2D eigenvalue weighted by Crippen LogP contribution is 2.24. The van der Waals surface area contributed by atoms with Gasteiger partial charge in [-0.05, 0) is 30.2 Å². The number of aryl methyl sites for hydroxylation is 1. The minimum atomic E-state index is -0.885. The van der Waals surface area contributed by atoms with E-state index in [1.807, 2.05) is 19.1 Å². The average Bonchev–Trinajstić information content (AvgIpc) is 2.59. The quantitative estimate of drug-likeness (QED) is 0.494. The number of carbonyl (C=O) groups is 2. The van der Waals surface area contributed by atoms with Crippen molar-refractivity contribution < 1.29 is 9.59 Å². The van der Waals surface area contributed by atoms with Gasteiger partial charge >= 0.3 is 11.8 Å². The van der Waals surface area contributed by atoms with Crippen molar-refractivity contribution in [1.82, 2.24) is 5.43 Å². The van der Waals surface area contributed by atoms with Crippen molar-refractivity contribution in [3.8, 4) is 0 Å². The normalized spacial score (nSPS) is 10.6. The van der Waals surface area contributed by atoms with Crippen LogP contribution in [0.15, 0.2) is 47.6 Å². The van der Waals surface area contributed by atoms with Gasteiger partial charge in [-0.2, -0.15) is 5.10 Å². The molecule has 0 saturated carbocycles. The van der Waals surface area contributed by atoms with Gasteiger partial charge < -0.3 is 5.32 Å². The van der Waals surface area contributed by atoms with Gasteiger partial charge in [0.05, 0.1) is 16.3 Å². The van der Waals surface area contributed by atoms with Crippen molar-refractivity contribution in [2.45, 2.75) is 13.3 Å². The van der Waals surface area contributed by atoms with E-state index in [2.05, 4.69) is 15.8 Å². The first-order valence-corrected chi connectivity index (χ1v) is 7.94. The summed E-state index contributed by atoms with van der Waals surface area (Å²) in [6.07, 6.45) is 2.21. The molecule has 0 aliphatic heterocycles. The third-order valence-electron chi connectivity index (χ3n) is 3.18. The monoisotopic (exact) mass is 363 g/mol. The van der Waals surface area contributed by atoms with Gasteiger partial charge in [0.2, 0.25) is 0 Å². The lowest BCUT2D eigenvalue weighted by Gasteiger charge is -2.05. The van der Waals surface area contributed by atoms with Crippen molar-refractivity contribution in [2.24, 2.45) is 5.10 Å². The van der Waals surface area contributed by atoms with Gasteiger partial charge in [-0.15, -0.1) is 0 Å². The summed E-state index contributed by atoms with van der Waals surface area (Å²) in [4.78, 5) is 23.5. The number of nitrogens with one attached hydrogen (secondary N) is 2. The number of nitrogens with zero attached hydrogens (tertiary/aromatic N) is 1. The lowest BCUT2D eigenvalue weighted by atomic mass is 10.1. The van der Waals surface area contributed by atoms with Crippen LogP contribution in [-0.2, 0) is 16.0 Å². The summed E-state index contributed by atoms with van der Waals surface area (Å²) < 4.78 is 0. The van der Waals surface area contributed by atoms with Crippen LogP contribution in [0, 0.1) is 0 Å². The Balaban J connectivity index is 1.92. The Labute approximate surface area is 149 Å². The van der Waals surface area contributed by atoms with E-state index in [0.29, 0.717) is 21.3 Å². The van der Waals surface area contributed by atoms with Gasteiger partial charge in [0.1, 0.15) is 0 Å². The number of carbonyl (C=O) groups excluding carboxylic acids is 2. The van der Waals surface area contributed by atoms with E-state index < -0.39 is 11.8 Å². The first kappa shape index (κ1) is 18.0. The zero-order chi connectivity index (χ0) is 17.5. The molecule has 124 valence electrons. The molecular formula is C17H15Cl2N3O2. The number of benzene rings is 2. The van der Waals surface area contributed by atoms with Crippen LogP contribution in [0.3, 0.4) is 0 Å². The van der Waals surface area contributed by atoms with E-state index in [-0.39, 0.29) is 0 Å². The molecule has 0 spiro atoms. The number of hydrazone groups is 1. The number of halogens is 2. The lowest BCUT2D eigenvalue weighted by molar-refractivity contribution is -0.136. The molecule has 0 fully saturated rings. The van der Waals surface area contributed by atoms with Gasteiger partial charge in [0, 0.05) is 11.3 Å². The van der Waals surface area contributed by atoms with Crippen molar-refractivity contribution in [1.29, 1.82) is 0 Å². The molecule has 0 radical (unpaired) electrons. The highest BCUT2D eigenvalue weighted by Gasteiger charge is 2.12. The Bertz CT molecular complexity index is 774. The van der Waals surface area contributed by atoms with Crippen LogP contribution in [0.2, 0.25) is 10.0 Å². The van der Waals surface area contributed by atoms with E-state index in [9.17, 15) is 9.59 Å². The number of amides is 2. The molecule has 0 atom stereocenters. The van der Waals surface area contributed by atoms with Gasteiger partial charge in [0.15, 0.2) is 0 Å². The summed E-state index contributed by atoms with van der Waals surface area (Å²) in [6.45, 7) is 2.03. The van der Waals surface area contributed by atoms with Crippen LogP contribution in [-0.4, -0.2) is 18.0 Å². The molecular weight excluding hydrogens is 349 g/mol. The predicted molar refractivity (Wildman–Crippen MR) is 96.6 cm³/mol. The summed E-state index contributed by atoms with van der Waals surface area (Å²) in [5.41, 5.74) is 4.34. The number of anilines is 1.